The van der Waals surface area contributed by atoms with Crippen LogP contribution in [-0.4, -0.2) is 23.2 Å². The van der Waals surface area contributed by atoms with Crippen LogP contribution in [0.3, 0.4) is 0 Å². The van der Waals surface area contributed by atoms with Gasteiger partial charge in [-0.25, -0.2) is 0 Å². The number of rotatable bonds is 0. The first-order valence-corrected chi connectivity index (χ1v) is 2.22. The molecular weight excluding hydrogens is 106 g/mol. The van der Waals surface area contributed by atoms with E-state index in [2.05, 4.69) is 4.99 Å². The molecule has 1 atom stereocenters. The monoisotopic (exact) mass is 111 g/mol. The Morgan fingerprint density at radius 2 is 2.50 bits per heavy atom. The van der Waals surface area contributed by atoms with Crippen LogP contribution in [0, 0.1) is 0 Å². The van der Waals surface area contributed by atoms with Crippen LogP contribution in [0.4, 0.5) is 0 Å². The maximum absolute atomic E-state index is 10.3. The SMILES string of the molecule is O=C1C=NC=CC1O. The number of ketones is 1. The Kier molecular flexibility index (Phi) is 1.22. The van der Waals surface area contributed by atoms with Crippen LogP contribution in [0.25, 0.3) is 0 Å². The van der Waals surface area contributed by atoms with Crippen molar-refractivity contribution in [3.05, 3.63) is 12.3 Å². The summed E-state index contributed by atoms with van der Waals surface area (Å²) in [7, 11) is 0. The van der Waals surface area contributed by atoms with E-state index in [1.54, 1.807) is 0 Å². The molecule has 8 heavy (non-hydrogen) atoms. The lowest BCUT2D eigenvalue weighted by molar-refractivity contribution is -0.118. The van der Waals surface area contributed by atoms with Gasteiger partial charge in [0.1, 0.15) is 6.10 Å². The molecule has 0 spiro atoms. The van der Waals surface area contributed by atoms with Gasteiger partial charge in [0.05, 0.1) is 6.21 Å². The summed E-state index contributed by atoms with van der Waals surface area (Å²) in [6.45, 7) is 0. The summed E-state index contributed by atoms with van der Waals surface area (Å²) >= 11 is 0. The molecule has 0 bridgehead atoms. The van der Waals surface area contributed by atoms with Crippen LogP contribution in [-0.2, 0) is 4.79 Å². The van der Waals surface area contributed by atoms with Gasteiger partial charge in [0.2, 0.25) is 5.78 Å². The first kappa shape index (κ1) is 5.18. The van der Waals surface area contributed by atoms with E-state index in [1.165, 1.54) is 12.3 Å². The summed E-state index contributed by atoms with van der Waals surface area (Å²) in [5.74, 6) is -0.354. The Labute approximate surface area is 46.4 Å². The van der Waals surface area contributed by atoms with E-state index in [-0.39, 0.29) is 5.78 Å². The van der Waals surface area contributed by atoms with Crippen molar-refractivity contribution >= 4 is 12.0 Å². The van der Waals surface area contributed by atoms with Gasteiger partial charge in [-0.3, -0.25) is 9.79 Å². The van der Waals surface area contributed by atoms with Crippen molar-refractivity contribution in [2.45, 2.75) is 6.10 Å². The zero-order valence-corrected chi connectivity index (χ0v) is 4.11. The molecular formula is C5H5NO2. The second-order valence-corrected chi connectivity index (χ2v) is 1.47. The minimum atomic E-state index is -0.965. The summed E-state index contributed by atoms with van der Waals surface area (Å²) in [6, 6.07) is 0. The lowest BCUT2D eigenvalue weighted by Gasteiger charge is -2.00. The molecule has 0 aromatic heterocycles. The highest BCUT2D eigenvalue weighted by Crippen LogP contribution is 1.92. The van der Waals surface area contributed by atoms with Crippen LogP contribution in [0.1, 0.15) is 0 Å². The fourth-order valence-electron chi connectivity index (χ4n) is 0.419. The molecule has 3 nitrogen and oxygen atoms in total. The topological polar surface area (TPSA) is 49.7 Å². The van der Waals surface area contributed by atoms with Crippen molar-refractivity contribution in [1.29, 1.82) is 0 Å². The second kappa shape index (κ2) is 1.88. The third-order valence-electron chi connectivity index (χ3n) is 0.848. The quantitative estimate of drug-likeness (QED) is 0.458. The third kappa shape index (κ3) is 0.816. The molecule has 0 saturated heterocycles. The van der Waals surface area contributed by atoms with E-state index in [0.717, 1.165) is 6.21 Å². The number of carbonyl (C=O) groups is 1. The summed E-state index contributed by atoms with van der Waals surface area (Å²) in [4.78, 5) is 13.8. The maximum Gasteiger partial charge on any atom is 0.206 e. The van der Waals surface area contributed by atoms with Gasteiger partial charge in [-0.1, -0.05) is 0 Å². The van der Waals surface area contributed by atoms with E-state index in [4.69, 9.17) is 5.11 Å². The van der Waals surface area contributed by atoms with Gasteiger partial charge in [-0.05, 0) is 6.08 Å². The molecule has 1 rings (SSSR count). The standard InChI is InChI=1S/C5H5NO2/c7-4-1-2-6-3-5(4)8/h1-4,7H. The van der Waals surface area contributed by atoms with Crippen molar-refractivity contribution in [2.75, 3.05) is 0 Å². The maximum atomic E-state index is 10.3. The van der Waals surface area contributed by atoms with Crippen LogP contribution < -0.4 is 0 Å². The van der Waals surface area contributed by atoms with Crippen molar-refractivity contribution < 1.29 is 9.90 Å². The first-order valence-electron chi connectivity index (χ1n) is 2.22. The first-order chi connectivity index (χ1) is 3.80. The molecule has 42 valence electrons. The molecule has 0 aromatic carbocycles. The van der Waals surface area contributed by atoms with E-state index < -0.39 is 6.10 Å². The Morgan fingerprint density at radius 3 is 2.88 bits per heavy atom. The average Bonchev–Trinajstić information content (AvgIpc) is 1.77. The number of Topliss-reactive ketones (excluding diaryl/α,β-unsaturated/α-hetero) is 1. The van der Waals surface area contributed by atoms with Crippen LogP contribution in [0.2, 0.25) is 0 Å². The number of hydrogen-bond donors (Lipinski definition) is 1. The van der Waals surface area contributed by atoms with Crippen LogP contribution in [0.15, 0.2) is 17.3 Å². The smallest absolute Gasteiger partial charge is 0.206 e. The summed E-state index contributed by atoms with van der Waals surface area (Å²) in [6.07, 6.45) is 2.87. The lowest BCUT2D eigenvalue weighted by atomic mass is 10.2. The van der Waals surface area contributed by atoms with Crippen molar-refractivity contribution in [1.82, 2.24) is 0 Å². The molecule has 0 aromatic rings. The lowest BCUT2D eigenvalue weighted by Crippen LogP contribution is -2.20. The normalized spacial score (nSPS) is 26.6. The summed E-state index contributed by atoms with van der Waals surface area (Å²) < 4.78 is 0. The predicted molar refractivity (Wildman–Crippen MR) is 28.6 cm³/mol. The summed E-state index contributed by atoms with van der Waals surface area (Å²) in [5, 5.41) is 8.65. The highest BCUT2D eigenvalue weighted by molar-refractivity contribution is 6.30. The highest BCUT2D eigenvalue weighted by atomic mass is 16.3. The van der Waals surface area contributed by atoms with Gasteiger partial charge in [0.25, 0.3) is 0 Å². The molecule has 0 amide bonds. The zero-order chi connectivity index (χ0) is 5.98. The molecule has 1 unspecified atom stereocenters. The molecule has 0 radical (unpaired) electrons. The molecule has 1 aliphatic heterocycles. The number of carbonyl (C=O) groups excluding carboxylic acids is 1. The van der Waals surface area contributed by atoms with Crippen molar-refractivity contribution in [3.8, 4) is 0 Å². The average molecular weight is 111 g/mol. The highest BCUT2D eigenvalue weighted by Gasteiger charge is 2.09. The van der Waals surface area contributed by atoms with Gasteiger partial charge >= 0.3 is 0 Å². The Morgan fingerprint density at radius 1 is 1.75 bits per heavy atom. The van der Waals surface area contributed by atoms with E-state index in [9.17, 15) is 4.79 Å². The molecule has 1 heterocycles. The van der Waals surface area contributed by atoms with Crippen LogP contribution in [0.5, 0.6) is 0 Å². The molecule has 0 saturated carbocycles. The molecule has 0 aliphatic carbocycles. The number of aliphatic hydroxyl groups is 1. The predicted octanol–water partition coefficient (Wildman–Crippen LogP) is -0.486. The Bertz CT molecular complexity index is 160. The second-order valence-electron chi connectivity index (χ2n) is 1.47. The minimum Gasteiger partial charge on any atom is -0.381 e. The van der Waals surface area contributed by atoms with Crippen LogP contribution >= 0.6 is 0 Å². The molecule has 3 heteroatoms. The van der Waals surface area contributed by atoms with Crippen molar-refractivity contribution in [2.24, 2.45) is 4.99 Å². The van der Waals surface area contributed by atoms with E-state index >= 15 is 0 Å². The van der Waals surface area contributed by atoms with Gasteiger partial charge in [-0.2, -0.15) is 0 Å². The largest absolute Gasteiger partial charge is 0.381 e. The summed E-state index contributed by atoms with van der Waals surface area (Å²) in [5.41, 5.74) is 0. The molecule has 1 aliphatic rings. The van der Waals surface area contributed by atoms with Crippen molar-refractivity contribution in [3.63, 3.8) is 0 Å². The van der Waals surface area contributed by atoms with Gasteiger partial charge in [0.15, 0.2) is 0 Å². The number of nitrogens with zero attached hydrogens (tertiary/aromatic N) is 1. The van der Waals surface area contributed by atoms with Gasteiger partial charge < -0.3 is 5.11 Å². The van der Waals surface area contributed by atoms with Gasteiger partial charge in [-0.15, -0.1) is 0 Å². The molecule has 0 fully saturated rings. The minimum absolute atomic E-state index is 0.354. The van der Waals surface area contributed by atoms with Gasteiger partial charge in [0, 0.05) is 6.20 Å². The fraction of sp³-hybridized carbons (Fsp3) is 0.200. The zero-order valence-electron chi connectivity index (χ0n) is 4.11. The number of aliphatic hydroxyl groups excluding tert-OH is 1. The number of hydrogen-bond acceptors (Lipinski definition) is 3. The Hall–Kier alpha value is -0.960. The third-order valence-corrected chi connectivity index (χ3v) is 0.848. The van der Waals surface area contributed by atoms with E-state index in [0.29, 0.717) is 0 Å². The molecule has 1 N–H and O–H groups in total. The fourth-order valence-corrected chi connectivity index (χ4v) is 0.419. The Balaban J connectivity index is 2.74. The van der Waals surface area contributed by atoms with E-state index in [1.807, 2.05) is 0 Å². The number of aliphatic imine (C=N–C) groups is 1.